The molecule has 1 heterocycles. The van der Waals surface area contributed by atoms with Crippen LogP contribution in [0.1, 0.15) is 23.4 Å². The van der Waals surface area contributed by atoms with E-state index in [1.807, 2.05) is 13.2 Å². The molecule has 2 rings (SSSR count). The number of thiazole rings is 1. The zero-order valence-electron chi connectivity index (χ0n) is 11.3. The minimum atomic E-state index is 0.349. The van der Waals surface area contributed by atoms with Gasteiger partial charge in [0.2, 0.25) is 0 Å². The van der Waals surface area contributed by atoms with Crippen LogP contribution in [0.25, 0.3) is 0 Å². The predicted molar refractivity (Wildman–Crippen MR) is 78.8 cm³/mol. The highest BCUT2D eigenvalue weighted by Crippen LogP contribution is 2.30. The highest BCUT2D eigenvalue weighted by Gasteiger charge is 2.12. The molecule has 0 radical (unpaired) electrons. The van der Waals surface area contributed by atoms with Crippen molar-refractivity contribution in [3.8, 4) is 0 Å². The van der Waals surface area contributed by atoms with Gasteiger partial charge in [-0.05, 0) is 38.6 Å². The third-order valence-corrected chi connectivity index (χ3v) is 4.30. The molecule has 1 N–H and O–H groups in total. The molecule has 96 valence electrons. The number of nitrogens with one attached hydrogen (secondary N) is 1. The molecule has 0 fully saturated rings. The molecule has 4 heteroatoms. The minimum absolute atomic E-state index is 0.349. The minimum Gasteiger partial charge on any atom is -0.321 e. The van der Waals surface area contributed by atoms with E-state index >= 15 is 0 Å². The lowest BCUT2D eigenvalue weighted by atomic mass is 10.2. The molecule has 0 saturated carbocycles. The summed E-state index contributed by atoms with van der Waals surface area (Å²) in [7, 11) is 4.02. The number of aromatic nitrogens is 1. The Labute approximate surface area is 112 Å². The van der Waals surface area contributed by atoms with Crippen LogP contribution in [-0.4, -0.2) is 19.1 Å². The quantitative estimate of drug-likeness (QED) is 0.913. The number of anilines is 2. The second-order valence-corrected chi connectivity index (χ2v) is 5.49. The Morgan fingerprint density at radius 2 is 2.17 bits per heavy atom. The normalized spacial score (nSPS) is 12.4. The van der Waals surface area contributed by atoms with Crippen molar-refractivity contribution < 1.29 is 0 Å². The Bertz CT molecular complexity index is 521. The average molecular weight is 261 g/mol. The van der Waals surface area contributed by atoms with Gasteiger partial charge in [0.15, 0.2) is 5.13 Å². The van der Waals surface area contributed by atoms with Gasteiger partial charge in [-0.15, -0.1) is 0 Å². The summed E-state index contributed by atoms with van der Waals surface area (Å²) in [5, 5.41) is 4.26. The molecule has 18 heavy (non-hydrogen) atoms. The first-order valence-electron chi connectivity index (χ1n) is 6.05. The molecule has 2 aromatic rings. The standard InChI is InChI=1S/C14H19N3S/c1-10-6-5-7-12(8-10)17(4)14-16-9-13(18-14)11(2)15-3/h5-9,11,15H,1-4H3. The summed E-state index contributed by atoms with van der Waals surface area (Å²) in [5.41, 5.74) is 2.44. The Morgan fingerprint density at radius 3 is 2.83 bits per heavy atom. The SMILES string of the molecule is CNC(C)c1cnc(N(C)c2cccc(C)c2)s1. The second-order valence-electron chi connectivity index (χ2n) is 4.45. The monoisotopic (exact) mass is 261 g/mol. The van der Waals surface area contributed by atoms with Gasteiger partial charge in [0, 0.05) is 29.9 Å². The van der Waals surface area contributed by atoms with Gasteiger partial charge in [-0.1, -0.05) is 23.5 Å². The molecule has 0 aliphatic carbocycles. The molecule has 0 aliphatic rings. The van der Waals surface area contributed by atoms with Crippen molar-refractivity contribution in [3.63, 3.8) is 0 Å². The van der Waals surface area contributed by atoms with E-state index in [2.05, 4.69) is 60.4 Å². The Hall–Kier alpha value is -1.39. The lowest BCUT2D eigenvalue weighted by Gasteiger charge is -2.16. The smallest absolute Gasteiger partial charge is 0.189 e. The summed E-state index contributed by atoms with van der Waals surface area (Å²) in [4.78, 5) is 7.88. The maximum absolute atomic E-state index is 4.50. The fourth-order valence-electron chi connectivity index (χ4n) is 1.72. The zero-order chi connectivity index (χ0) is 13.1. The van der Waals surface area contributed by atoms with Crippen molar-refractivity contribution in [3.05, 3.63) is 40.9 Å². The first kappa shape index (κ1) is 13.1. The fourth-order valence-corrected chi connectivity index (χ4v) is 2.68. The number of hydrogen-bond acceptors (Lipinski definition) is 4. The molecule has 0 aliphatic heterocycles. The van der Waals surface area contributed by atoms with Gasteiger partial charge in [-0.2, -0.15) is 0 Å². The van der Waals surface area contributed by atoms with Crippen LogP contribution in [0.15, 0.2) is 30.5 Å². The van der Waals surface area contributed by atoms with E-state index in [1.165, 1.54) is 16.1 Å². The van der Waals surface area contributed by atoms with Crippen LogP contribution in [0, 0.1) is 6.92 Å². The third kappa shape index (κ3) is 2.71. The van der Waals surface area contributed by atoms with Crippen LogP contribution in [-0.2, 0) is 0 Å². The fraction of sp³-hybridized carbons (Fsp3) is 0.357. The van der Waals surface area contributed by atoms with Crippen LogP contribution >= 0.6 is 11.3 Å². The van der Waals surface area contributed by atoms with E-state index in [-0.39, 0.29) is 0 Å². The van der Waals surface area contributed by atoms with E-state index in [9.17, 15) is 0 Å². The van der Waals surface area contributed by atoms with E-state index in [0.29, 0.717) is 6.04 Å². The van der Waals surface area contributed by atoms with Gasteiger partial charge in [0.05, 0.1) is 0 Å². The summed E-state index contributed by atoms with van der Waals surface area (Å²) in [6.07, 6.45) is 1.95. The van der Waals surface area contributed by atoms with Crippen LogP contribution in [0.5, 0.6) is 0 Å². The zero-order valence-corrected chi connectivity index (χ0v) is 12.1. The second kappa shape index (κ2) is 5.50. The van der Waals surface area contributed by atoms with E-state index < -0.39 is 0 Å². The van der Waals surface area contributed by atoms with Crippen molar-refractivity contribution in [2.75, 3.05) is 19.0 Å². The molecule has 3 nitrogen and oxygen atoms in total. The van der Waals surface area contributed by atoms with Crippen LogP contribution in [0.3, 0.4) is 0 Å². The largest absolute Gasteiger partial charge is 0.321 e. The molecule has 1 aromatic carbocycles. The van der Waals surface area contributed by atoms with Gasteiger partial charge in [0.1, 0.15) is 0 Å². The average Bonchev–Trinajstić information content (AvgIpc) is 2.86. The third-order valence-electron chi connectivity index (χ3n) is 3.05. The van der Waals surface area contributed by atoms with E-state index in [1.54, 1.807) is 11.3 Å². The number of rotatable bonds is 4. The van der Waals surface area contributed by atoms with Crippen molar-refractivity contribution in [2.45, 2.75) is 19.9 Å². The first-order valence-corrected chi connectivity index (χ1v) is 6.87. The lowest BCUT2D eigenvalue weighted by molar-refractivity contribution is 0.662. The van der Waals surface area contributed by atoms with Crippen molar-refractivity contribution in [1.29, 1.82) is 0 Å². The lowest BCUT2D eigenvalue weighted by Crippen LogP contribution is -2.10. The molecular weight excluding hydrogens is 242 g/mol. The van der Waals surface area contributed by atoms with Gasteiger partial charge in [0.25, 0.3) is 0 Å². The van der Waals surface area contributed by atoms with Gasteiger partial charge in [-0.25, -0.2) is 4.98 Å². The molecule has 1 atom stereocenters. The molecular formula is C14H19N3S. The summed E-state index contributed by atoms with van der Waals surface area (Å²) in [6.45, 7) is 4.25. The highest BCUT2D eigenvalue weighted by molar-refractivity contribution is 7.15. The van der Waals surface area contributed by atoms with Gasteiger partial charge >= 0.3 is 0 Å². The van der Waals surface area contributed by atoms with Gasteiger partial charge < -0.3 is 10.2 Å². The number of aryl methyl sites for hydroxylation is 1. The van der Waals surface area contributed by atoms with E-state index in [0.717, 1.165) is 5.13 Å². The summed E-state index contributed by atoms with van der Waals surface area (Å²) in [6, 6.07) is 8.81. The van der Waals surface area contributed by atoms with Crippen LogP contribution < -0.4 is 10.2 Å². The van der Waals surface area contributed by atoms with Crippen molar-refractivity contribution in [1.82, 2.24) is 10.3 Å². The molecule has 0 spiro atoms. The Balaban J connectivity index is 2.23. The summed E-state index contributed by atoms with van der Waals surface area (Å²) < 4.78 is 0. The highest BCUT2D eigenvalue weighted by atomic mass is 32.1. The molecule has 0 bridgehead atoms. The number of benzene rings is 1. The van der Waals surface area contributed by atoms with Crippen molar-refractivity contribution in [2.24, 2.45) is 0 Å². The van der Waals surface area contributed by atoms with Crippen molar-refractivity contribution >= 4 is 22.2 Å². The first-order chi connectivity index (χ1) is 8.61. The van der Waals surface area contributed by atoms with E-state index in [4.69, 9.17) is 0 Å². The van der Waals surface area contributed by atoms with Gasteiger partial charge in [-0.3, -0.25) is 0 Å². The predicted octanol–water partition coefficient (Wildman–Crippen LogP) is 3.50. The Morgan fingerprint density at radius 1 is 1.39 bits per heavy atom. The maximum Gasteiger partial charge on any atom is 0.189 e. The van der Waals surface area contributed by atoms with Crippen LogP contribution in [0.4, 0.5) is 10.8 Å². The molecule has 1 unspecified atom stereocenters. The summed E-state index contributed by atoms with van der Waals surface area (Å²) >= 11 is 1.73. The molecule has 1 aromatic heterocycles. The topological polar surface area (TPSA) is 28.2 Å². The maximum atomic E-state index is 4.50. The Kier molecular flexibility index (Phi) is 3.99. The molecule has 0 saturated heterocycles. The number of nitrogens with zero attached hydrogens (tertiary/aromatic N) is 2. The summed E-state index contributed by atoms with van der Waals surface area (Å²) in [5.74, 6) is 0. The van der Waals surface area contributed by atoms with Crippen LogP contribution in [0.2, 0.25) is 0 Å². The molecule has 0 amide bonds. The number of hydrogen-bond donors (Lipinski definition) is 1.